The van der Waals surface area contributed by atoms with Gasteiger partial charge >= 0.3 is 5.95 Å². The Balaban J connectivity index is 2.57. The van der Waals surface area contributed by atoms with E-state index >= 15 is 0 Å². The number of aromatic hydroxyl groups is 1. The lowest BCUT2D eigenvalue weighted by Crippen LogP contribution is -2.10. The highest BCUT2D eigenvalue weighted by Crippen LogP contribution is 2.25. The maximum Gasteiger partial charge on any atom is 0.318 e. The van der Waals surface area contributed by atoms with Crippen LogP contribution >= 0.6 is 0 Å². The first-order valence-electron chi connectivity index (χ1n) is 4.86. The van der Waals surface area contributed by atoms with Crippen LogP contribution in [-0.2, 0) is 4.79 Å². The Morgan fingerprint density at radius 3 is 2.59 bits per heavy atom. The minimum absolute atomic E-state index is 0.0705. The van der Waals surface area contributed by atoms with E-state index in [0.717, 1.165) is 17.0 Å². The van der Waals surface area contributed by atoms with E-state index in [4.69, 9.17) is 4.52 Å². The van der Waals surface area contributed by atoms with Crippen LogP contribution in [0.4, 0.5) is 0 Å². The van der Waals surface area contributed by atoms with Crippen LogP contribution in [0, 0.1) is 0 Å². The number of hydrogen-bond donors (Lipinski definition) is 1. The number of aldehydes is 1. The fraction of sp³-hybridized carbons (Fsp3) is 0. The average Bonchev–Trinajstić information content (AvgIpc) is 2.63. The highest BCUT2D eigenvalue weighted by molar-refractivity contribution is 5.70. The van der Waals surface area contributed by atoms with Crippen molar-refractivity contribution in [1.29, 1.82) is 0 Å². The summed E-state index contributed by atoms with van der Waals surface area (Å²) in [6.45, 7) is 0. The Bertz CT molecular complexity index is 607. The Kier molecular flexibility index (Phi) is 2.91. The minimum Gasteiger partial charge on any atom is -0.479 e. The minimum atomic E-state index is -0.521. The smallest absolute Gasteiger partial charge is 0.318 e. The van der Waals surface area contributed by atoms with Gasteiger partial charge in [-0.25, -0.2) is 0 Å². The van der Waals surface area contributed by atoms with Crippen molar-refractivity contribution >= 4 is 12.5 Å². The first-order valence-corrected chi connectivity index (χ1v) is 4.86. The SMILES string of the molecule is O=C/C=C/n1oc(O)c(-c2ccccc2)c1=O. The van der Waals surface area contributed by atoms with E-state index in [2.05, 4.69) is 0 Å². The maximum absolute atomic E-state index is 11.8. The van der Waals surface area contributed by atoms with Crippen molar-refractivity contribution in [2.75, 3.05) is 0 Å². The number of hydrogen-bond acceptors (Lipinski definition) is 4. The van der Waals surface area contributed by atoms with Crippen LogP contribution in [0.15, 0.2) is 45.7 Å². The Morgan fingerprint density at radius 2 is 1.94 bits per heavy atom. The van der Waals surface area contributed by atoms with Crippen molar-refractivity contribution < 1.29 is 14.4 Å². The molecule has 1 N–H and O–H groups in total. The molecule has 0 saturated carbocycles. The summed E-state index contributed by atoms with van der Waals surface area (Å²) in [4.78, 5) is 22.0. The van der Waals surface area contributed by atoms with Gasteiger partial charge in [-0.05, 0) is 11.6 Å². The number of allylic oxidation sites excluding steroid dienone is 1. The van der Waals surface area contributed by atoms with Gasteiger partial charge in [0.05, 0.1) is 6.20 Å². The molecule has 1 aromatic carbocycles. The second kappa shape index (κ2) is 4.52. The van der Waals surface area contributed by atoms with Gasteiger partial charge in [0, 0.05) is 0 Å². The highest BCUT2D eigenvalue weighted by atomic mass is 16.6. The number of aromatic nitrogens is 1. The third kappa shape index (κ3) is 2.03. The molecule has 0 unspecified atom stereocenters. The largest absolute Gasteiger partial charge is 0.479 e. The van der Waals surface area contributed by atoms with Gasteiger partial charge in [0.1, 0.15) is 11.8 Å². The number of benzene rings is 1. The molecule has 17 heavy (non-hydrogen) atoms. The van der Waals surface area contributed by atoms with Gasteiger partial charge in [0.2, 0.25) is 0 Å². The first-order chi connectivity index (χ1) is 8.24. The molecule has 0 aliphatic carbocycles. The Morgan fingerprint density at radius 1 is 1.24 bits per heavy atom. The average molecular weight is 231 g/mol. The third-order valence-electron chi connectivity index (χ3n) is 2.18. The summed E-state index contributed by atoms with van der Waals surface area (Å²) in [5.74, 6) is -0.475. The van der Waals surface area contributed by atoms with E-state index in [1.165, 1.54) is 0 Å². The summed E-state index contributed by atoms with van der Waals surface area (Å²) >= 11 is 0. The second-order valence-electron chi connectivity index (χ2n) is 3.25. The van der Waals surface area contributed by atoms with Crippen LogP contribution in [0.25, 0.3) is 17.3 Å². The van der Waals surface area contributed by atoms with Crippen LogP contribution < -0.4 is 5.56 Å². The zero-order chi connectivity index (χ0) is 12.3. The van der Waals surface area contributed by atoms with Crippen LogP contribution in [0.5, 0.6) is 5.95 Å². The molecule has 0 spiro atoms. The van der Waals surface area contributed by atoms with Crippen molar-refractivity contribution in [2.24, 2.45) is 0 Å². The van der Waals surface area contributed by atoms with Crippen molar-refractivity contribution in [1.82, 2.24) is 4.74 Å². The van der Waals surface area contributed by atoms with Gasteiger partial charge in [0.25, 0.3) is 5.56 Å². The van der Waals surface area contributed by atoms with Crippen LogP contribution in [0.3, 0.4) is 0 Å². The molecule has 5 nitrogen and oxygen atoms in total. The summed E-state index contributed by atoms with van der Waals surface area (Å²) in [7, 11) is 0. The number of nitrogens with zero attached hydrogens (tertiary/aromatic N) is 1. The molecule has 1 heterocycles. The molecule has 86 valence electrons. The van der Waals surface area contributed by atoms with Crippen molar-refractivity contribution in [3.8, 4) is 17.1 Å². The molecule has 0 radical (unpaired) electrons. The predicted octanol–water partition coefficient (Wildman–Crippen LogP) is 1.48. The molecule has 0 bridgehead atoms. The first kappa shape index (κ1) is 10.9. The molecule has 0 saturated heterocycles. The molecule has 2 rings (SSSR count). The summed E-state index contributed by atoms with van der Waals surface area (Å²) in [6.07, 6.45) is 2.74. The zero-order valence-corrected chi connectivity index (χ0v) is 8.74. The van der Waals surface area contributed by atoms with E-state index in [1.807, 2.05) is 0 Å². The summed E-state index contributed by atoms with van der Waals surface area (Å²) in [6, 6.07) is 8.64. The monoisotopic (exact) mass is 231 g/mol. The van der Waals surface area contributed by atoms with Gasteiger partial charge in [-0.3, -0.25) is 9.59 Å². The number of carbonyl (C=O) groups is 1. The lowest BCUT2D eigenvalue weighted by molar-refractivity contribution is -0.104. The van der Waals surface area contributed by atoms with Crippen molar-refractivity contribution in [3.63, 3.8) is 0 Å². The van der Waals surface area contributed by atoms with Gasteiger partial charge < -0.3 is 9.63 Å². The topological polar surface area (TPSA) is 72.4 Å². The fourth-order valence-electron chi connectivity index (χ4n) is 1.45. The summed E-state index contributed by atoms with van der Waals surface area (Å²) < 4.78 is 5.61. The molecule has 5 heteroatoms. The van der Waals surface area contributed by atoms with Crippen LogP contribution in [0.1, 0.15) is 0 Å². The number of rotatable bonds is 3. The molecule has 0 amide bonds. The summed E-state index contributed by atoms with van der Waals surface area (Å²) in [5, 5.41) is 9.56. The molecule has 0 aliphatic heterocycles. The van der Waals surface area contributed by atoms with Gasteiger partial charge in [-0.2, -0.15) is 0 Å². The molecule has 0 atom stereocenters. The van der Waals surface area contributed by atoms with Gasteiger partial charge in [0.15, 0.2) is 0 Å². The Hall–Kier alpha value is -2.56. The van der Waals surface area contributed by atoms with Crippen molar-refractivity contribution in [3.05, 3.63) is 46.8 Å². The molecule has 1 aromatic heterocycles. The molecule has 2 aromatic rings. The van der Waals surface area contributed by atoms with E-state index < -0.39 is 11.5 Å². The third-order valence-corrected chi connectivity index (χ3v) is 2.18. The van der Waals surface area contributed by atoms with E-state index in [-0.39, 0.29) is 5.56 Å². The molecule has 0 aliphatic rings. The number of carbonyl (C=O) groups excluding carboxylic acids is 1. The normalized spacial score (nSPS) is 10.8. The van der Waals surface area contributed by atoms with Gasteiger partial charge in [-0.1, -0.05) is 30.3 Å². The Labute approximate surface area is 96.2 Å². The van der Waals surface area contributed by atoms with E-state index in [0.29, 0.717) is 11.8 Å². The molecule has 0 fully saturated rings. The lowest BCUT2D eigenvalue weighted by Gasteiger charge is -1.93. The second-order valence-corrected chi connectivity index (χ2v) is 3.25. The van der Waals surface area contributed by atoms with Crippen LogP contribution in [0.2, 0.25) is 0 Å². The maximum atomic E-state index is 11.8. The molecular formula is C12H9NO4. The molecular weight excluding hydrogens is 222 g/mol. The zero-order valence-electron chi connectivity index (χ0n) is 8.74. The summed E-state index contributed by atoms with van der Waals surface area (Å²) in [5.41, 5.74) is 0.102. The quantitative estimate of drug-likeness (QED) is 0.641. The van der Waals surface area contributed by atoms with Crippen molar-refractivity contribution in [2.45, 2.75) is 0 Å². The predicted molar refractivity (Wildman–Crippen MR) is 61.5 cm³/mol. The van der Waals surface area contributed by atoms with E-state index in [1.54, 1.807) is 30.3 Å². The van der Waals surface area contributed by atoms with E-state index in [9.17, 15) is 14.7 Å². The fourth-order valence-corrected chi connectivity index (χ4v) is 1.45. The van der Waals surface area contributed by atoms with Crippen LogP contribution in [-0.4, -0.2) is 16.1 Å². The lowest BCUT2D eigenvalue weighted by atomic mass is 10.1. The standard InChI is InChI=1S/C12H9NO4/c14-8-4-7-13-11(15)10(12(16)17-13)9-5-2-1-3-6-9/h1-8,16H/b7-4+. The van der Waals surface area contributed by atoms with Gasteiger partial charge in [-0.15, -0.1) is 4.74 Å². The highest BCUT2D eigenvalue weighted by Gasteiger charge is 2.16.